The van der Waals surface area contributed by atoms with Crippen LogP contribution in [-0.4, -0.2) is 0 Å². The molecule has 0 N–H and O–H groups in total. The average Bonchev–Trinajstić information content (AvgIpc) is 2.94. The summed E-state index contributed by atoms with van der Waals surface area (Å²) in [7, 11) is 0. The molecule has 0 heteroatoms. The van der Waals surface area contributed by atoms with Crippen molar-refractivity contribution in [2.24, 2.45) is 41.4 Å². The third kappa shape index (κ3) is 0.699. The molecular weight excluding hydrogens is 168 g/mol. The van der Waals surface area contributed by atoms with E-state index in [0.717, 1.165) is 41.4 Å². The van der Waals surface area contributed by atoms with Crippen LogP contribution in [0.25, 0.3) is 0 Å². The molecule has 4 aliphatic rings. The normalized spacial score (nSPS) is 62.1. The summed E-state index contributed by atoms with van der Waals surface area (Å²) >= 11 is 0. The zero-order valence-corrected chi connectivity index (χ0v) is 8.60. The van der Waals surface area contributed by atoms with Gasteiger partial charge in [0.15, 0.2) is 0 Å². The van der Waals surface area contributed by atoms with Crippen LogP contribution in [-0.2, 0) is 0 Å². The topological polar surface area (TPSA) is 0 Å². The summed E-state index contributed by atoms with van der Waals surface area (Å²) in [6.45, 7) is 4.02. The molecule has 4 aliphatic carbocycles. The Morgan fingerprint density at radius 3 is 2.57 bits per heavy atom. The summed E-state index contributed by atoms with van der Waals surface area (Å²) in [5.74, 6) is 7.04. The predicted molar refractivity (Wildman–Crippen MR) is 57.6 cm³/mol. The Morgan fingerprint density at radius 2 is 1.79 bits per heavy atom. The van der Waals surface area contributed by atoms with Crippen LogP contribution in [0.3, 0.4) is 0 Å². The standard InChI is InChI=1S/C14H18/c1-2-8-5-11-7-12(8)14-10-4-3-9(6-10)13(11)14/h2-4,8-14H,1,5-7H2/t8?,9-,10?,11?,12?,13?,14?/m0/s1. The van der Waals surface area contributed by atoms with Crippen LogP contribution >= 0.6 is 0 Å². The van der Waals surface area contributed by atoms with E-state index in [1.807, 2.05) is 0 Å². The van der Waals surface area contributed by atoms with Crippen molar-refractivity contribution in [1.29, 1.82) is 0 Å². The van der Waals surface area contributed by atoms with Crippen LogP contribution in [0.15, 0.2) is 24.8 Å². The van der Waals surface area contributed by atoms with Gasteiger partial charge in [-0.1, -0.05) is 18.2 Å². The first-order chi connectivity index (χ1) is 6.88. The largest absolute Gasteiger partial charge is 0.103 e. The van der Waals surface area contributed by atoms with Crippen molar-refractivity contribution < 1.29 is 0 Å². The van der Waals surface area contributed by atoms with E-state index < -0.39 is 0 Å². The summed E-state index contributed by atoms with van der Waals surface area (Å²) < 4.78 is 0. The van der Waals surface area contributed by atoms with Crippen LogP contribution in [0.2, 0.25) is 0 Å². The molecule has 0 aromatic heterocycles. The van der Waals surface area contributed by atoms with Crippen molar-refractivity contribution in [3.05, 3.63) is 24.8 Å². The fourth-order valence-corrected chi connectivity index (χ4v) is 5.34. The minimum Gasteiger partial charge on any atom is -0.103 e. The Balaban J connectivity index is 1.75. The molecule has 4 bridgehead atoms. The molecule has 0 aliphatic heterocycles. The molecule has 6 unspecified atom stereocenters. The predicted octanol–water partition coefficient (Wildman–Crippen LogP) is 3.27. The van der Waals surface area contributed by atoms with E-state index in [0.29, 0.717) is 0 Å². The summed E-state index contributed by atoms with van der Waals surface area (Å²) in [5.41, 5.74) is 0. The molecule has 74 valence electrons. The lowest BCUT2D eigenvalue weighted by Gasteiger charge is -2.35. The van der Waals surface area contributed by atoms with Gasteiger partial charge in [-0.3, -0.25) is 0 Å². The summed E-state index contributed by atoms with van der Waals surface area (Å²) in [6, 6.07) is 0. The molecule has 0 aromatic rings. The SMILES string of the molecule is C=CC1CC2CC1C1C3C=C[C@@H](C3)C21. The average molecular weight is 186 g/mol. The third-order valence-corrected chi connectivity index (χ3v) is 5.62. The monoisotopic (exact) mass is 186 g/mol. The third-order valence-electron chi connectivity index (χ3n) is 5.62. The number of rotatable bonds is 1. The molecule has 7 atom stereocenters. The Morgan fingerprint density at radius 1 is 1.00 bits per heavy atom. The van der Waals surface area contributed by atoms with Gasteiger partial charge >= 0.3 is 0 Å². The zero-order chi connectivity index (χ0) is 9.28. The smallest absolute Gasteiger partial charge is 0.0194 e. The Kier molecular flexibility index (Phi) is 1.30. The highest BCUT2D eigenvalue weighted by atomic mass is 14.6. The van der Waals surface area contributed by atoms with Crippen LogP contribution < -0.4 is 0 Å². The van der Waals surface area contributed by atoms with Crippen molar-refractivity contribution in [2.75, 3.05) is 0 Å². The highest BCUT2D eigenvalue weighted by Gasteiger charge is 2.60. The van der Waals surface area contributed by atoms with Crippen LogP contribution in [0, 0.1) is 41.4 Å². The fraction of sp³-hybridized carbons (Fsp3) is 0.714. The molecule has 0 amide bonds. The molecule has 4 rings (SSSR count). The number of allylic oxidation sites excluding steroid dienone is 3. The molecule has 3 saturated carbocycles. The lowest BCUT2D eigenvalue weighted by atomic mass is 9.69. The first kappa shape index (κ1) is 7.73. The van der Waals surface area contributed by atoms with Crippen molar-refractivity contribution in [2.45, 2.75) is 19.3 Å². The van der Waals surface area contributed by atoms with Gasteiger partial charge in [0.2, 0.25) is 0 Å². The van der Waals surface area contributed by atoms with Crippen LogP contribution in [0.5, 0.6) is 0 Å². The van der Waals surface area contributed by atoms with E-state index >= 15 is 0 Å². The molecule has 0 saturated heterocycles. The highest BCUT2D eigenvalue weighted by molar-refractivity contribution is 5.21. The Labute approximate surface area is 86.1 Å². The first-order valence-corrected chi connectivity index (χ1v) is 6.19. The molecular formula is C14H18. The van der Waals surface area contributed by atoms with Crippen LogP contribution in [0.4, 0.5) is 0 Å². The van der Waals surface area contributed by atoms with E-state index in [2.05, 4.69) is 24.8 Å². The highest BCUT2D eigenvalue weighted by Crippen LogP contribution is 2.66. The quantitative estimate of drug-likeness (QED) is 0.435. The lowest BCUT2D eigenvalue weighted by molar-refractivity contribution is 0.173. The van der Waals surface area contributed by atoms with E-state index in [1.165, 1.54) is 19.3 Å². The van der Waals surface area contributed by atoms with Crippen molar-refractivity contribution >= 4 is 0 Å². The van der Waals surface area contributed by atoms with Gasteiger partial charge in [0.1, 0.15) is 0 Å². The van der Waals surface area contributed by atoms with Gasteiger partial charge in [-0.2, -0.15) is 0 Å². The maximum Gasteiger partial charge on any atom is -0.0194 e. The second kappa shape index (κ2) is 2.35. The number of hydrogen-bond acceptors (Lipinski definition) is 0. The van der Waals surface area contributed by atoms with Gasteiger partial charge in [-0.15, -0.1) is 6.58 Å². The lowest BCUT2D eigenvalue weighted by Crippen LogP contribution is -2.30. The van der Waals surface area contributed by atoms with Crippen molar-refractivity contribution in [3.63, 3.8) is 0 Å². The molecule has 0 aromatic carbocycles. The maximum absolute atomic E-state index is 4.02. The Hall–Kier alpha value is -0.520. The maximum atomic E-state index is 4.02. The molecule has 0 radical (unpaired) electrons. The minimum atomic E-state index is 0.869. The van der Waals surface area contributed by atoms with E-state index in [-0.39, 0.29) is 0 Å². The van der Waals surface area contributed by atoms with Gasteiger partial charge < -0.3 is 0 Å². The molecule has 3 fully saturated rings. The zero-order valence-electron chi connectivity index (χ0n) is 8.60. The molecule has 14 heavy (non-hydrogen) atoms. The van der Waals surface area contributed by atoms with E-state index in [4.69, 9.17) is 0 Å². The fourth-order valence-electron chi connectivity index (χ4n) is 5.34. The van der Waals surface area contributed by atoms with Gasteiger partial charge in [0.05, 0.1) is 0 Å². The number of fused-ring (bicyclic) bond motifs is 9. The van der Waals surface area contributed by atoms with Crippen molar-refractivity contribution in [3.8, 4) is 0 Å². The van der Waals surface area contributed by atoms with E-state index in [9.17, 15) is 0 Å². The van der Waals surface area contributed by atoms with Crippen molar-refractivity contribution in [1.82, 2.24) is 0 Å². The second-order valence-electron chi connectivity index (χ2n) is 5.90. The summed E-state index contributed by atoms with van der Waals surface area (Å²) in [4.78, 5) is 0. The van der Waals surface area contributed by atoms with E-state index in [1.54, 1.807) is 0 Å². The summed E-state index contributed by atoms with van der Waals surface area (Å²) in [5, 5.41) is 0. The van der Waals surface area contributed by atoms with Gasteiger partial charge in [0.25, 0.3) is 0 Å². The Bertz CT molecular complexity index is 314. The molecule has 0 heterocycles. The first-order valence-electron chi connectivity index (χ1n) is 6.19. The van der Waals surface area contributed by atoms with Crippen LogP contribution in [0.1, 0.15) is 19.3 Å². The van der Waals surface area contributed by atoms with Gasteiger partial charge in [-0.25, -0.2) is 0 Å². The van der Waals surface area contributed by atoms with Gasteiger partial charge in [-0.05, 0) is 60.7 Å². The summed E-state index contributed by atoms with van der Waals surface area (Å²) in [6.07, 6.45) is 11.8. The molecule has 0 spiro atoms. The number of hydrogen-bond donors (Lipinski definition) is 0. The minimum absolute atomic E-state index is 0.869. The molecule has 0 nitrogen and oxygen atoms in total. The second-order valence-corrected chi connectivity index (χ2v) is 5.90. The van der Waals surface area contributed by atoms with Gasteiger partial charge in [0, 0.05) is 0 Å².